The predicted octanol–water partition coefficient (Wildman–Crippen LogP) is 1.15. The van der Waals surface area contributed by atoms with E-state index in [0.717, 1.165) is 4.57 Å². The number of hydrogen-bond donors (Lipinski definition) is 0. The van der Waals surface area contributed by atoms with Gasteiger partial charge in [-0.1, -0.05) is 12.1 Å². The third-order valence-electron chi connectivity index (χ3n) is 2.98. The van der Waals surface area contributed by atoms with Gasteiger partial charge in [0.2, 0.25) is 0 Å². The minimum atomic E-state index is -0.421. The topological polar surface area (TPSA) is 62.5 Å². The Kier molecular flexibility index (Phi) is 4.70. The molecule has 2 rings (SSSR count). The van der Waals surface area contributed by atoms with E-state index in [1.54, 1.807) is 24.3 Å². The Morgan fingerprint density at radius 3 is 2.20 bits per heavy atom. The van der Waals surface area contributed by atoms with Crippen molar-refractivity contribution in [3.63, 3.8) is 0 Å². The molecule has 1 aromatic heterocycles. The largest absolute Gasteiger partial charge is 0.361 e. The summed E-state index contributed by atoms with van der Waals surface area (Å²) < 4.78 is 13.0. The third kappa shape index (κ3) is 2.66. The normalized spacial score (nSPS) is 11.1. The summed E-state index contributed by atoms with van der Waals surface area (Å²) in [5.74, 6) is 0. The SMILES string of the molecule is CCOCn1c(=O)c2ccccc2n(COCC)c1=O. The first kappa shape index (κ1) is 14.5. The Morgan fingerprint density at radius 1 is 0.950 bits per heavy atom. The molecule has 20 heavy (non-hydrogen) atoms. The second-order valence-electron chi connectivity index (χ2n) is 4.20. The molecule has 0 aliphatic rings. The molecule has 108 valence electrons. The van der Waals surface area contributed by atoms with Gasteiger partial charge in [-0.2, -0.15) is 0 Å². The van der Waals surface area contributed by atoms with Crippen molar-refractivity contribution < 1.29 is 9.47 Å². The van der Waals surface area contributed by atoms with Crippen molar-refractivity contribution in [3.8, 4) is 0 Å². The number of hydrogen-bond acceptors (Lipinski definition) is 4. The van der Waals surface area contributed by atoms with Crippen LogP contribution in [0.15, 0.2) is 33.9 Å². The minimum absolute atomic E-state index is 0.0505. The number of aromatic nitrogens is 2. The van der Waals surface area contributed by atoms with E-state index < -0.39 is 5.69 Å². The number of benzene rings is 1. The maximum absolute atomic E-state index is 12.4. The van der Waals surface area contributed by atoms with E-state index in [9.17, 15) is 9.59 Å². The molecule has 0 radical (unpaired) electrons. The van der Waals surface area contributed by atoms with Gasteiger partial charge in [-0.05, 0) is 26.0 Å². The predicted molar refractivity (Wildman–Crippen MR) is 75.7 cm³/mol. The van der Waals surface area contributed by atoms with E-state index in [2.05, 4.69) is 0 Å². The summed E-state index contributed by atoms with van der Waals surface area (Å²) in [6.45, 7) is 4.65. The van der Waals surface area contributed by atoms with E-state index in [1.807, 2.05) is 13.8 Å². The molecule has 0 N–H and O–H groups in total. The Hall–Kier alpha value is -1.92. The summed E-state index contributed by atoms with van der Waals surface area (Å²) in [6, 6.07) is 6.99. The van der Waals surface area contributed by atoms with Crippen LogP contribution in [0.1, 0.15) is 13.8 Å². The molecule has 0 saturated carbocycles. The average molecular weight is 278 g/mol. The van der Waals surface area contributed by atoms with Crippen molar-refractivity contribution in [2.24, 2.45) is 0 Å². The molecule has 0 saturated heterocycles. The molecule has 0 amide bonds. The zero-order valence-electron chi connectivity index (χ0n) is 11.7. The van der Waals surface area contributed by atoms with E-state index in [-0.39, 0.29) is 19.0 Å². The van der Waals surface area contributed by atoms with Crippen LogP contribution in [0.3, 0.4) is 0 Å². The molecule has 0 spiro atoms. The van der Waals surface area contributed by atoms with E-state index in [1.165, 1.54) is 4.57 Å². The Balaban J connectivity index is 2.68. The maximum Gasteiger partial charge on any atom is 0.335 e. The first-order chi connectivity index (χ1) is 9.70. The van der Waals surface area contributed by atoms with Crippen LogP contribution in [-0.2, 0) is 22.9 Å². The lowest BCUT2D eigenvalue weighted by Gasteiger charge is -2.13. The molecular formula is C14H18N2O4. The monoisotopic (exact) mass is 278 g/mol. The summed E-state index contributed by atoms with van der Waals surface area (Å²) in [4.78, 5) is 24.7. The summed E-state index contributed by atoms with van der Waals surface area (Å²) in [6.07, 6.45) is 0. The van der Waals surface area contributed by atoms with Gasteiger partial charge in [0, 0.05) is 13.2 Å². The van der Waals surface area contributed by atoms with Crippen LogP contribution in [0.2, 0.25) is 0 Å². The first-order valence-electron chi connectivity index (χ1n) is 6.58. The van der Waals surface area contributed by atoms with Crippen molar-refractivity contribution in [2.75, 3.05) is 13.2 Å². The van der Waals surface area contributed by atoms with Crippen LogP contribution in [-0.4, -0.2) is 22.3 Å². The van der Waals surface area contributed by atoms with Crippen molar-refractivity contribution in [3.05, 3.63) is 45.1 Å². The number of fused-ring (bicyclic) bond motifs is 1. The van der Waals surface area contributed by atoms with Crippen LogP contribution in [0, 0.1) is 0 Å². The quantitative estimate of drug-likeness (QED) is 0.795. The second kappa shape index (κ2) is 6.49. The van der Waals surface area contributed by atoms with E-state index in [4.69, 9.17) is 9.47 Å². The molecule has 0 aliphatic heterocycles. The zero-order chi connectivity index (χ0) is 14.5. The maximum atomic E-state index is 12.4. The van der Waals surface area contributed by atoms with E-state index in [0.29, 0.717) is 24.1 Å². The van der Waals surface area contributed by atoms with Gasteiger partial charge in [-0.25, -0.2) is 9.36 Å². The van der Waals surface area contributed by atoms with Gasteiger partial charge in [0.1, 0.15) is 13.5 Å². The lowest BCUT2D eigenvalue weighted by atomic mass is 10.2. The highest BCUT2D eigenvalue weighted by Gasteiger charge is 2.12. The standard InChI is InChI=1S/C14H18N2O4/c1-3-19-9-15-12-8-6-5-7-11(12)13(17)16(14(15)18)10-20-4-2/h5-8H,3-4,9-10H2,1-2H3. The van der Waals surface area contributed by atoms with Crippen LogP contribution >= 0.6 is 0 Å². The molecule has 6 nitrogen and oxygen atoms in total. The first-order valence-corrected chi connectivity index (χ1v) is 6.58. The highest BCUT2D eigenvalue weighted by molar-refractivity contribution is 5.77. The molecule has 1 aromatic carbocycles. The van der Waals surface area contributed by atoms with Gasteiger partial charge < -0.3 is 9.47 Å². The lowest BCUT2D eigenvalue weighted by molar-refractivity contribution is 0.0689. The van der Waals surface area contributed by atoms with Crippen molar-refractivity contribution in [2.45, 2.75) is 27.3 Å². The average Bonchev–Trinajstić information content (AvgIpc) is 2.47. The Labute approximate surface area is 116 Å². The molecule has 6 heteroatoms. The Bertz CT molecular complexity index is 702. The molecular weight excluding hydrogens is 260 g/mol. The van der Waals surface area contributed by atoms with Crippen LogP contribution in [0.4, 0.5) is 0 Å². The number of para-hydroxylation sites is 1. The summed E-state index contributed by atoms with van der Waals surface area (Å²) in [5, 5.41) is 0.478. The van der Waals surface area contributed by atoms with Crippen LogP contribution in [0.5, 0.6) is 0 Å². The smallest absolute Gasteiger partial charge is 0.335 e. The number of ether oxygens (including phenoxy) is 2. The van der Waals surface area contributed by atoms with Crippen molar-refractivity contribution in [1.82, 2.24) is 9.13 Å². The fourth-order valence-electron chi connectivity index (χ4n) is 1.97. The van der Waals surface area contributed by atoms with Gasteiger partial charge in [-0.15, -0.1) is 0 Å². The molecule has 0 fully saturated rings. The van der Waals surface area contributed by atoms with Crippen LogP contribution < -0.4 is 11.2 Å². The Morgan fingerprint density at radius 2 is 1.55 bits per heavy atom. The number of nitrogens with zero attached hydrogens (tertiary/aromatic N) is 2. The number of rotatable bonds is 6. The van der Waals surface area contributed by atoms with Crippen molar-refractivity contribution in [1.29, 1.82) is 0 Å². The summed E-state index contributed by atoms with van der Waals surface area (Å²) in [5.41, 5.74) is -0.189. The lowest BCUT2D eigenvalue weighted by Crippen LogP contribution is -2.41. The fourth-order valence-corrected chi connectivity index (χ4v) is 1.97. The molecule has 1 heterocycles. The minimum Gasteiger partial charge on any atom is -0.361 e. The molecule has 0 unspecified atom stereocenters. The van der Waals surface area contributed by atoms with Crippen LogP contribution in [0.25, 0.3) is 10.9 Å². The highest BCUT2D eigenvalue weighted by Crippen LogP contribution is 2.07. The molecule has 0 bridgehead atoms. The second-order valence-corrected chi connectivity index (χ2v) is 4.20. The molecule has 0 aliphatic carbocycles. The van der Waals surface area contributed by atoms with Gasteiger partial charge in [-0.3, -0.25) is 9.36 Å². The molecule has 2 aromatic rings. The third-order valence-corrected chi connectivity index (χ3v) is 2.98. The van der Waals surface area contributed by atoms with Crippen molar-refractivity contribution >= 4 is 10.9 Å². The summed E-state index contributed by atoms with van der Waals surface area (Å²) in [7, 11) is 0. The van der Waals surface area contributed by atoms with E-state index >= 15 is 0 Å². The molecule has 0 atom stereocenters. The fraction of sp³-hybridized carbons (Fsp3) is 0.429. The van der Waals surface area contributed by atoms with Gasteiger partial charge in [0.25, 0.3) is 5.56 Å². The summed E-state index contributed by atoms with van der Waals surface area (Å²) >= 11 is 0. The zero-order valence-corrected chi connectivity index (χ0v) is 11.7. The van der Waals surface area contributed by atoms with Gasteiger partial charge in [0.15, 0.2) is 0 Å². The van der Waals surface area contributed by atoms with Gasteiger partial charge in [0.05, 0.1) is 10.9 Å². The highest BCUT2D eigenvalue weighted by atomic mass is 16.5. The van der Waals surface area contributed by atoms with Gasteiger partial charge >= 0.3 is 5.69 Å².